The minimum Gasteiger partial charge on any atom is -0.457 e. The Morgan fingerprint density at radius 1 is 1.23 bits per heavy atom. The number of hydrogen-bond acceptors (Lipinski definition) is 4. The number of carbonyl (C=O) groups is 1. The van der Waals surface area contributed by atoms with Gasteiger partial charge in [-0.2, -0.15) is 5.10 Å². The van der Waals surface area contributed by atoms with Crippen molar-refractivity contribution in [2.24, 2.45) is 7.05 Å². The highest BCUT2D eigenvalue weighted by Gasteiger charge is 2.07. The maximum absolute atomic E-state index is 13.2. The molecule has 0 unspecified atom stereocenters. The molecule has 0 spiro atoms. The molecule has 2 aromatic carbocycles. The van der Waals surface area contributed by atoms with E-state index in [2.05, 4.69) is 15.7 Å². The summed E-state index contributed by atoms with van der Waals surface area (Å²) in [6, 6.07) is 12.2. The van der Waals surface area contributed by atoms with Gasteiger partial charge in [-0.05, 0) is 36.4 Å². The number of aromatic nitrogens is 2. The molecule has 0 radical (unpaired) electrons. The first-order chi connectivity index (χ1) is 12.5. The number of nitrogen functional groups attached to an aromatic ring is 1. The van der Waals surface area contributed by atoms with Crippen LogP contribution in [0.3, 0.4) is 0 Å². The molecule has 0 aliphatic rings. The zero-order valence-electron chi connectivity index (χ0n) is 14.1. The number of halogens is 1. The van der Waals surface area contributed by atoms with E-state index in [0.717, 1.165) is 5.56 Å². The molecular weight excluding hydrogens is 337 g/mol. The molecule has 4 N–H and O–H groups in total. The summed E-state index contributed by atoms with van der Waals surface area (Å²) in [5, 5.41) is 9.42. The van der Waals surface area contributed by atoms with Gasteiger partial charge in [0.25, 0.3) is 0 Å². The Balaban J connectivity index is 1.53. The van der Waals surface area contributed by atoms with Gasteiger partial charge in [-0.1, -0.05) is 6.07 Å². The van der Waals surface area contributed by atoms with Gasteiger partial charge in [0.15, 0.2) is 0 Å². The highest BCUT2D eigenvalue weighted by Crippen LogP contribution is 2.23. The Labute approximate surface area is 149 Å². The van der Waals surface area contributed by atoms with Gasteiger partial charge < -0.3 is 21.1 Å². The molecule has 0 saturated heterocycles. The Kier molecular flexibility index (Phi) is 5.02. The molecule has 0 atom stereocenters. The molecule has 0 saturated carbocycles. The number of nitrogens with two attached hydrogens (primary N) is 1. The second-order valence-electron chi connectivity index (χ2n) is 5.57. The second kappa shape index (κ2) is 7.56. The van der Waals surface area contributed by atoms with Crippen LogP contribution in [0.4, 0.5) is 20.7 Å². The number of carbonyl (C=O) groups excluding carboxylic acids is 1. The minimum absolute atomic E-state index is 0.270. The fourth-order valence-corrected chi connectivity index (χ4v) is 2.25. The normalized spacial score (nSPS) is 10.4. The summed E-state index contributed by atoms with van der Waals surface area (Å²) in [5.41, 5.74) is 7.15. The third-order valence-electron chi connectivity index (χ3n) is 3.65. The van der Waals surface area contributed by atoms with Crippen molar-refractivity contribution in [3.05, 3.63) is 66.1 Å². The van der Waals surface area contributed by atoms with Crippen molar-refractivity contribution in [1.29, 1.82) is 0 Å². The first-order valence-electron chi connectivity index (χ1n) is 7.86. The topological polar surface area (TPSA) is 94.2 Å². The average Bonchev–Trinajstić information content (AvgIpc) is 2.94. The minimum atomic E-state index is -0.369. The van der Waals surface area contributed by atoms with Gasteiger partial charge >= 0.3 is 6.03 Å². The summed E-state index contributed by atoms with van der Waals surface area (Å²) in [5.74, 6) is 1.07. The predicted molar refractivity (Wildman–Crippen MR) is 96.4 cm³/mol. The summed E-state index contributed by atoms with van der Waals surface area (Å²) >= 11 is 0. The number of urea groups is 1. The maximum Gasteiger partial charge on any atom is 0.319 e. The van der Waals surface area contributed by atoms with Crippen molar-refractivity contribution in [1.82, 2.24) is 15.1 Å². The van der Waals surface area contributed by atoms with Crippen LogP contribution in [-0.4, -0.2) is 15.8 Å². The quantitative estimate of drug-likeness (QED) is 0.655. The molecule has 0 aliphatic heterocycles. The van der Waals surface area contributed by atoms with Crippen molar-refractivity contribution in [2.75, 3.05) is 11.1 Å². The van der Waals surface area contributed by atoms with Crippen LogP contribution in [0.1, 0.15) is 5.56 Å². The Morgan fingerprint density at radius 2 is 2.00 bits per heavy atom. The van der Waals surface area contributed by atoms with E-state index in [4.69, 9.17) is 10.5 Å². The van der Waals surface area contributed by atoms with Crippen LogP contribution in [0, 0.1) is 5.82 Å². The predicted octanol–water partition coefficient (Wildman–Crippen LogP) is 3.26. The lowest BCUT2D eigenvalue weighted by atomic mass is 10.3. The number of rotatable bonds is 5. The van der Waals surface area contributed by atoms with E-state index < -0.39 is 0 Å². The van der Waals surface area contributed by atoms with E-state index in [1.54, 1.807) is 49.6 Å². The first kappa shape index (κ1) is 17.3. The number of nitrogens with one attached hydrogen (secondary N) is 2. The van der Waals surface area contributed by atoms with Crippen molar-refractivity contribution in [3.8, 4) is 11.5 Å². The lowest BCUT2D eigenvalue weighted by molar-refractivity contribution is 0.252. The van der Waals surface area contributed by atoms with E-state index in [0.29, 0.717) is 23.0 Å². The van der Waals surface area contributed by atoms with Gasteiger partial charge in [-0.25, -0.2) is 9.18 Å². The number of anilines is 2. The Hall–Kier alpha value is -3.55. The third-order valence-corrected chi connectivity index (χ3v) is 3.65. The molecular formula is C18H18FN5O2. The molecule has 134 valence electrons. The number of aryl methyl sites for hydroxylation is 1. The third kappa shape index (κ3) is 4.29. The average molecular weight is 355 g/mol. The molecule has 0 fully saturated rings. The number of ether oxygens (including phenoxy) is 1. The largest absolute Gasteiger partial charge is 0.457 e. The van der Waals surface area contributed by atoms with Crippen LogP contribution in [0.5, 0.6) is 11.5 Å². The summed E-state index contributed by atoms with van der Waals surface area (Å²) < 4.78 is 20.2. The van der Waals surface area contributed by atoms with Gasteiger partial charge in [0, 0.05) is 30.9 Å². The SMILES string of the molecule is Cn1ncc(CNC(=O)Nc2ccc(Oc3cccc(F)c3)cc2)c1N. The van der Waals surface area contributed by atoms with Crippen LogP contribution >= 0.6 is 0 Å². The zero-order chi connectivity index (χ0) is 18.5. The number of benzene rings is 2. The fourth-order valence-electron chi connectivity index (χ4n) is 2.25. The van der Waals surface area contributed by atoms with E-state index in [1.165, 1.54) is 16.8 Å². The van der Waals surface area contributed by atoms with Crippen molar-refractivity contribution in [3.63, 3.8) is 0 Å². The monoisotopic (exact) mass is 355 g/mol. The van der Waals surface area contributed by atoms with Gasteiger partial charge in [-0.3, -0.25) is 4.68 Å². The van der Waals surface area contributed by atoms with Gasteiger partial charge in [0.1, 0.15) is 23.1 Å². The molecule has 26 heavy (non-hydrogen) atoms. The number of amides is 2. The summed E-state index contributed by atoms with van der Waals surface area (Å²) in [6.45, 7) is 0.270. The van der Waals surface area contributed by atoms with Crippen LogP contribution in [0.15, 0.2) is 54.7 Å². The number of hydrogen-bond donors (Lipinski definition) is 3. The fraction of sp³-hybridized carbons (Fsp3) is 0.111. The van der Waals surface area contributed by atoms with E-state index >= 15 is 0 Å². The highest BCUT2D eigenvalue weighted by atomic mass is 19.1. The molecule has 2 amide bonds. The van der Waals surface area contributed by atoms with Gasteiger partial charge in [0.2, 0.25) is 0 Å². The first-order valence-corrected chi connectivity index (χ1v) is 7.86. The second-order valence-corrected chi connectivity index (χ2v) is 5.57. The van der Waals surface area contributed by atoms with Gasteiger partial charge in [0.05, 0.1) is 6.20 Å². The number of nitrogens with zero attached hydrogens (tertiary/aromatic N) is 2. The molecule has 0 aliphatic carbocycles. The van der Waals surface area contributed by atoms with E-state index in [1.807, 2.05) is 0 Å². The summed E-state index contributed by atoms with van der Waals surface area (Å²) in [7, 11) is 1.73. The molecule has 0 bridgehead atoms. The van der Waals surface area contributed by atoms with E-state index in [-0.39, 0.29) is 18.4 Å². The van der Waals surface area contributed by atoms with Crippen molar-refractivity contribution in [2.45, 2.75) is 6.54 Å². The summed E-state index contributed by atoms with van der Waals surface area (Å²) in [4.78, 5) is 12.0. The standard InChI is InChI=1S/C18H18FN5O2/c1-24-17(20)12(11-22-24)10-21-18(25)23-14-5-7-15(8-6-14)26-16-4-2-3-13(19)9-16/h2-9,11H,10,20H2,1H3,(H2,21,23,25). The molecule has 1 aromatic heterocycles. The van der Waals surface area contributed by atoms with Crippen molar-refractivity contribution < 1.29 is 13.9 Å². The lowest BCUT2D eigenvalue weighted by Gasteiger charge is -2.09. The smallest absolute Gasteiger partial charge is 0.319 e. The lowest BCUT2D eigenvalue weighted by Crippen LogP contribution is -2.28. The van der Waals surface area contributed by atoms with Crippen molar-refractivity contribution >= 4 is 17.5 Å². The van der Waals surface area contributed by atoms with Crippen LogP contribution in [0.2, 0.25) is 0 Å². The molecule has 3 rings (SSSR count). The summed E-state index contributed by atoms with van der Waals surface area (Å²) in [6.07, 6.45) is 1.61. The zero-order valence-corrected chi connectivity index (χ0v) is 14.1. The Morgan fingerprint density at radius 3 is 2.65 bits per heavy atom. The van der Waals surface area contributed by atoms with Gasteiger partial charge in [-0.15, -0.1) is 0 Å². The van der Waals surface area contributed by atoms with Crippen LogP contribution in [0.25, 0.3) is 0 Å². The van der Waals surface area contributed by atoms with Crippen LogP contribution in [-0.2, 0) is 13.6 Å². The molecule has 8 heteroatoms. The highest BCUT2D eigenvalue weighted by molar-refractivity contribution is 5.89. The Bertz CT molecular complexity index is 908. The molecule has 3 aromatic rings. The molecule has 1 heterocycles. The van der Waals surface area contributed by atoms with E-state index in [9.17, 15) is 9.18 Å². The molecule has 7 nitrogen and oxygen atoms in total. The maximum atomic E-state index is 13.2. The van der Waals surface area contributed by atoms with Crippen LogP contribution < -0.4 is 21.1 Å².